The lowest BCUT2D eigenvalue weighted by atomic mass is 10.1. The molecule has 0 aromatic heterocycles. The van der Waals surface area contributed by atoms with Crippen molar-refractivity contribution in [2.24, 2.45) is 5.73 Å². The van der Waals surface area contributed by atoms with Crippen LogP contribution < -0.4 is 10.5 Å². The summed E-state index contributed by atoms with van der Waals surface area (Å²) < 4.78 is 30.0. The first-order valence-electron chi connectivity index (χ1n) is 3.43. The monoisotopic (exact) mass is 186 g/mol. The number of nitrogen functional groups attached to an aromatic ring is 1. The van der Waals surface area contributed by atoms with Gasteiger partial charge in [0.05, 0.1) is 12.7 Å². The standard InChI is InChI=1S/C8H8F2N2O/c1-13-7-3-6(10)5(9)2-4(7)8(11)12/h2-3H,1H3,(H3,11,12). The number of nitrogens with two attached hydrogens (primary N) is 1. The lowest BCUT2D eigenvalue weighted by molar-refractivity contribution is 0.405. The number of methoxy groups -OCH3 is 1. The van der Waals surface area contributed by atoms with Gasteiger partial charge in [0.1, 0.15) is 11.6 Å². The zero-order chi connectivity index (χ0) is 10.0. The number of halogens is 2. The van der Waals surface area contributed by atoms with E-state index in [0.29, 0.717) is 0 Å². The topological polar surface area (TPSA) is 59.1 Å². The van der Waals surface area contributed by atoms with Crippen molar-refractivity contribution in [3.63, 3.8) is 0 Å². The first-order chi connectivity index (χ1) is 6.06. The minimum Gasteiger partial charge on any atom is -0.496 e. The number of amidine groups is 1. The van der Waals surface area contributed by atoms with Gasteiger partial charge in [-0.2, -0.15) is 0 Å². The third-order valence-corrected chi connectivity index (χ3v) is 1.53. The molecule has 0 saturated heterocycles. The van der Waals surface area contributed by atoms with Gasteiger partial charge in [0.15, 0.2) is 11.6 Å². The lowest BCUT2D eigenvalue weighted by Gasteiger charge is -2.06. The lowest BCUT2D eigenvalue weighted by Crippen LogP contribution is -2.13. The number of ether oxygens (including phenoxy) is 1. The molecular formula is C8H8F2N2O. The van der Waals surface area contributed by atoms with Gasteiger partial charge in [-0.1, -0.05) is 0 Å². The van der Waals surface area contributed by atoms with E-state index in [2.05, 4.69) is 0 Å². The first kappa shape index (κ1) is 9.44. The van der Waals surface area contributed by atoms with Crippen LogP contribution in [0.3, 0.4) is 0 Å². The highest BCUT2D eigenvalue weighted by atomic mass is 19.2. The fourth-order valence-corrected chi connectivity index (χ4v) is 0.908. The maximum absolute atomic E-state index is 12.7. The normalized spacial score (nSPS) is 9.77. The third kappa shape index (κ3) is 1.74. The summed E-state index contributed by atoms with van der Waals surface area (Å²) in [6.07, 6.45) is 0. The van der Waals surface area contributed by atoms with Crippen molar-refractivity contribution in [1.82, 2.24) is 0 Å². The second-order valence-electron chi connectivity index (χ2n) is 2.38. The molecule has 0 radical (unpaired) electrons. The summed E-state index contributed by atoms with van der Waals surface area (Å²) in [5.41, 5.74) is 5.17. The van der Waals surface area contributed by atoms with Gasteiger partial charge in [0, 0.05) is 6.07 Å². The molecule has 0 amide bonds. The van der Waals surface area contributed by atoms with Crippen molar-refractivity contribution in [1.29, 1.82) is 5.41 Å². The Morgan fingerprint density at radius 1 is 1.38 bits per heavy atom. The molecule has 0 spiro atoms. The van der Waals surface area contributed by atoms with Gasteiger partial charge >= 0.3 is 0 Å². The van der Waals surface area contributed by atoms with Crippen molar-refractivity contribution >= 4 is 5.84 Å². The summed E-state index contributed by atoms with van der Waals surface area (Å²) >= 11 is 0. The van der Waals surface area contributed by atoms with Crippen LogP contribution in [0, 0.1) is 17.0 Å². The van der Waals surface area contributed by atoms with E-state index < -0.39 is 11.6 Å². The molecule has 0 bridgehead atoms. The maximum atomic E-state index is 12.7. The number of hydrogen-bond donors (Lipinski definition) is 2. The van der Waals surface area contributed by atoms with Crippen molar-refractivity contribution in [3.8, 4) is 5.75 Å². The molecule has 3 nitrogen and oxygen atoms in total. The average Bonchev–Trinajstić information content (AvgIpc) is 2.08. The van der Waals surface area contributed by atoms with E-state index >= 15 is 0 Å². The molecule has 70 valence electrons. The summed E-state index contributed by atoms with van der Waals surface area (Å²) in [5.74, 6) is -2.39. The molecule has 1 rings (SSSR count). The van der Waals surface area contributed by atoms with Crippen LogP contribution in [0.25, 0.3) is 0 Å². The van der Waals surface area contributed by atoms with Crippen LogP contribution >= 0.6 is 0 Å². The Morgan fingerprint density at radius 3 is 2.38 bits per heavy atom. The van der Waals surface area contributed by atoms with Gasteiger partial charge in [0.25, 0.3) is 0 Å². The zero-order valence-corrected chi connectivity index (χ0v) is 6.90. The van der Waals surface area contributed by atoms with E-state index in [1.807, 2.05) is 0 Å². The summed E-state index contributed by atoms with van der Waals surface area (Å²) in [7, 11) is 1.29. The summed E-state index contributed by atoms with van der Waals surface area (Å²) in [4.78, 5) is 0. The van der Waals surface area contributed by atoms with Gasteiger partial charge in [-0.15, -0.1) is 0 Å². The highest BCUT2D eigenvalue weighted by molar-refractivity contribution is 5.97. The van der Waals surface area contributed by atoms with Gasteiger partial charge in [0.2, 0.25) is 0 Å². The molecule has 0 heterocycles. The van der Waals surface area contributed by atoms with Gasteiger partial charge in [-0.05, 0) is 6.07 Å². The van der Waals surface area contributed by atoms with E-state index in [1.165, 1.54) is 7.11 Å². The van der Waals surface area contributed by atoms with Gasteiger partial charge < -0.3 is 10.5 Å². The number of nitrogens with one attached hydrogen (secondary N) is 1. The zero-order valence-electron chi connectivity index (χ0n) is 6.90. The Hall–Kier alpha value is -1.65. The van der Waals surface area contributed by atoms with E-state index in [9.17, 15) is 8.78 Å². The Labute approximate surface area is 73.6 Å². The Morgan fingerprint density at radius 2 is 1.92 bits per heavy atom. The fraction of sp³-hybridized carbons (Fsp3) is 0.125. The van der Waals surface area contributed by atoms with E-state index in [1.54, 1.807) is 0 Å². The molecule has 0 atom stereocenters. The van der Waals surface area contributed by atoms with E-state index in [-0.39, 0.29) is 17.1 Å². The molecule has 0 aliphatic rings. The quantitative estimate of drug-likeness (QED) is 0.539. The van der Waals surface area contributed by atoms with Crippen LogP contribution in [0.1, 0.15) is 5.56 Å². The van der Waals surface area contributed by atoms with Crippen LogP contribution in [0.15, 0.2) is 12.1 Å². The highest BCUT2D eigenvalue weighted by Crippen LogP contribution is 2.21. The van der Waals surface area contributed by atoms with Crippen LogP contribution in [0.2, 0.25) is 0 Å². The summed E-state index contributed by atoms with van der Waals surface area (Å²) in [5, 5.41) is 7.06. The predicted octanol–water partition coefficient (Wildman–Crippen LogP) is 1.26. The second kappa shape index (κ2) is 3.38. The smallest absolute Gasteiger partial charge is 0.162 e. The Bertz CT molecular complexity index is 352. The third-order valence-electron chi connectivity index (χ3n) is 1.53. The Balaban J connectivity index is 3.33. The molecule has 0 fully saturated rings. The molecule has 0 aliphatic heterocycles. The van der Waals surface area contributed by atoms with Crippen LogP contribution in [-0.2, 0) is 0 Å². The number of hydrogen-bond acceptors (Lipinski definition) is 2. The second-order valence-corrected chi connectivity index (χ2v) is 2.38. The number of benzene rings is 1. The Kier molecular flexibility index (Phi) is 2.46. The van der Waals surface area contributed by atoms with Crippen molar-refractivity contribution < 1.29 is 13.5 Å². The predicted molar refractivity (Wildman–Crippen MR) is 43.9 cm³/mol. The van der Waals surface area contributed by atoms with Crippen molar-refractivity contribution in [2.45, 2.75) is 0 Å². The minimum atomic E-state index is -1.05. The number of rotatable bonds is 2. The van der Waals surface area contributed by atoms with Crippen molar-refractivity contribution in [3.05, 3.63) is 29.3 Å². The fourth-order valence-electron chi connectivity index (χ4n) is 0.908. The molecule has 0 aliphatic carbocycles. The van der Waals surface area contributed by atoms with E-state index in [4.69, 9.17) is 15.9 Å². The van der Waals surface area contributed by atoms with Gasteiger partial charge in [-0.25, -0.2) is 8.78 Å². The molecule has 0 unspecified atom stereocenters. The van der Waals surface area contributed by atoms with Crippen LogP contribution in [0.4, 0.5) is 8.78 Å². The molecule has 1 aromatic rings. The van der Waals surface area contributed by atoms with Crippen LogP contribution in [-0.4, -0.2) is 12.9 Å². The molecule has 0 saturated carbocycles. The van der Waals surface area contributed by atoms with Gasteiger partial charge in [-0.3, -0.25) is 5.41 Å². The SMILES string of the molecule is COc1cc(F)c(F)cc1C(=N)N. The maximum Gasteiger partial charge on any atom is 0.162 e. The van der Waals surface area contributed by atoms with Crippen molar-refractivity contribution in [2.75, 3.05) is 7.11 Å². The molecule has 1 aromatic carbocycles. The molecular weight excluding hydrogens is 178 g/mol. The largest absolute Gasteiger partial charge is 0.496 e. The minimum absolute atomic E-state index is 0.0430. The van der Waals surface area contributed by atoms with E-state index in [0.717, 1.165) is 12.1 Å². The summed E-state index contributed by atoms with van der Waals surface area (Å²) in [6, 6.07) is 1.68. The molecule has 3 N–H and O–H groups in total. The average molecular weight is 186 g/mol. The first-order valence-corrected chi connectivity index (χ1v) is 3.43. The van der Waals surface area contributed by atoms with Crippen LogP contribution in [0.5, 0.6) is 5.75 Å². The summed E-state index contributed by atoms with van der Waals surface area (Å²) in [6.45, 7) is 0. The molecule has 5 heteroatoms. The molecule has 13 heavy (non-hydrogen) atoms. The highest BCUT2D eigenvalue weighted by Gasteiger charge is 2.11.